The van der Waals surface area contributed by atoms with Gasteiger partial charge in [0.25, 0.3) is 0 Å². The molecular weight excluding hydrogens is 372 g/mol. The first kappa shape index (κ1) is 16.9. The number of hydrogen-bond acceptors (Lipinski definition) is 4. The minimum absolute atomic E-state index is 0.628. The Labute approximate surface area is 166 Å². The van der Waals surface area contributed by atoms with E-state index in [1.54, 1.807) is 6.20 Å². The van der Waals surface area contributed by atoms with Crippen LogP contribution < -0.4 is 0 Å². The van der Waals surface area contributed by atoms with E-state index in [4.69, 9.17) is 16.1 Å². The van der Waals surface area contributed by atoms with E-state index < -0.39 is 6.10 Å². The van der Waals surface area contributed by atoms with Crippen molar-refractivity contribution in [2.24, 2.45) is 0 Å². The van der Waals surface area contributed by atoms with Crippen molar-refractivity contribution in [3.05, 3.63) is 95.1 Å². The normalized spacial score (nSPS) is 12.5. The van der Waals surface area contributed by atoms with Gasteiger partial charge < -0.3 is 9.63 Å². The van der Waals surface area contributed by atoms with Gasteiger partial charge in [0.05, 0.1) is 10.9 Å². The van der Waals surface area contributed by atoms with Crippen molar-refractivity contribution in [3.8, 4) is 11.3 Å². The third kappa shape index (κ3) is 2.93. The van der Waals surface area contributed by atoms with Crippen LogP contribution in [0.2, 0.25) is 5.02 Å². The molecule has 0 bridgehead atoms. The third-order valence-corrected chi connectivity index (χ3v) is 5.08. The Hall–Kier alpha value is -3.21. The van der Waals surface area contributed by atoms with E-state index in [2.05, 4.69) is 10.1 Å². The molecule has 1 N–H and O–H groups in total. The van der Waals surface area contributed by atoms with Crippen LogP contribution in [0.25, 0.3) is 33.1 Å². The standard InChI is InChI=1S/C23H15ClN2O2/c24-18-5-1-3-17(12-18)23-19-13-16(7-9-21(19)26-28-23)22(27)15-6-8-20-14(11-15)4-2-10-25-20/h1-13,22,27H. The van der Waals surface area contributed by atoms with Gasteiger partial charge in [-0.15, -0.1) is 0 Å². The maximum atomic E-state index is 11.0. The Morgan fingerprint density at radius 2 is 1.68 bits per heavy atom. The second-order valence-corrected chi connectivity index (χ2v) is 7.09. The van der Waals surface area contributed by atoms with E-state index in [-0.39, 0.29) is 0 Å². The summed E-state index contributed by atoms with van der Waals surface area (Å²) in [5.74, 6) is 0.634. The zero-order valence-electron chi connectivity index (χ0n) is 14.7. The Bertz CT molecular complexity index is 1310. The number of hydrogen-bond donors (Lipinski definition) is 1. The van der Waals surface area contributed by atoms with E-state index >= 15 is 0 Å². The van der Waals surface area contributed by atoms with Gasteiger partial charge in [0.1, 0.15) is 11.6 Å². The predicted octanol–water partition coefficient (Wildman–Crippen LogP) is 5.78. The van der Waals surface area contributed by atoms with Gasteiger partial charge in [0.15, 0.2) is 5.76 Å². The summed E-state index contributed by atoms with van der Waals surface area (Å²) in [6.45, 7) is 0. The number of nitrogens with zero attached hydrogens (tertiary/aromatic N) is 2. The molecule has 5 aromatic rings. The summed E-state index contributed by atoms with van der Waals surface area (Å²) in [5, 5.41) is 17.5. The van der Waals surface area contributed by atoms with Crippen molar-refractivity contribution in [2.75, 3.05) is 0 Å². The molecule has 0 aliphatic rings. The van der Waals surface area contributed by atoms with Gasteiger partial charge in [0.2, 0.25) is 0 Å². The first-order chi connectivity index (χ1) is 13.7. The van der Waals surface area contributed by atoms with Crippen LogP contribution in [0, 0.1) is 0 Å². The smallest absolute Gasteiger partial charge is 0.174 e. The summed E-state index contributed by atoms with van der Waals surface area (Å²) >= 11 is 6.12. The molecule has 2 heterocycles. The molecule has 0 aliphatic carbocycles. The predicted molar refractivity (Wildman–Crippen MR) is 110 cm³/mol. The zero-order chi connectivity index (χ0) is 19.1. The highest BCUT2D eigenvalue weighted by molar-refractivity contribution is 6.30. The number of benzene rings is 3. The number of rotatable bonds is 3. The zero-order valence-corrected chi connectivity index (χ0v) is 15.5. The quantitative estimate of drug-likeness (QED) is 0.427. The minimum Gasteiger partial charge on any atom is -0.384 e. The Balaban J connectivity index is 1.59. The summed E-state index contributed by atoms with van der Waals surface area (Å²) in [7, 11) is 0. The van der Waals surface area contributed by atoms with Gasteiger partial charge in [-0.3, -0.25) is 4.98 Å². The molecule has 1 unspecified atom stereocenters. The van der Waals surface area contributed by atoms with Gasteiger partial charge in [-0.2, -0.15) is 0 Å². The van der Waals surface area contributed by atoms with Crippen LogP contribution in [-0.2, 0) is 0 Å². The van der Waals surface area contributed by atoms with Crippen LogP contribution in [0.3, 0.4) is 0 Å². The summed E-state index contributed by atoms with van der Waals surface area (Å²) in [6, 6.07) is 22.7. The first-order valence-electron chi connectivity index (χ1n) is 8.87. The van der Waals surface area contributed by atoms with E-state index in [1.165, 1.54) is 0 Å². The molecule has 136 valence electrons. The van der Waals surface area contributed by atoms with Crippen molar-refractivity contribution in [1.29, 1.82) is 0 Å². The van der Waals surface area contributed by atoms with E-state index in [0.717, 1.165) is 38.5 Å². The molecule has 4 nitrogen and oxygen atoms in total. The molecule has 0 aliphatic heterocycles. The first-order valence-corrected chi connectivity index (χ1v) is 9.25. The molecule has 0 amide bonds. The largest absolute Gasteiger partial charge is 0.384 e. The van der Waals surface area contributed by atoms with Gasteiger partial charge in [-0.1, -0.05) is 47.1 Å². The van der Waals surface area contributed by atoms with Crippen LogP contribution in [0.4, 0.5) is 0 Å². The number of halogens is 1. The van der Waals surface area contributed by atoms with Gasteiger partial charge in [0, 0.05) is 22.2 Å². The molecule has 0 fully saturated rings. The lowest BCUT2D eigenvalue weighted by molar-refractivity contribution is 0.220. The highest BCUT2D eigenvalue weighted by Gasteiger charge is 2.16. The molecule has 5 rings (SSSR count). The maximum absolute atomic E-state index is 11.0. The number of aliphatic hydroxyl groups excluding tert-OH is 1. The molecule has 28 heavy (non-hydrogen) atoms. The molecule has 0 saturated carbocycles. The molecule has 3 aromatic carbocycles. The summed E-state index contributed by atoms with van der Waals surface area (Å²) in [5.41, 5.74) is 4.05. The number of aliphatic hydroxyl groups is 1. The third-order valence-electron chi connectivity index (χ3n) is 4.85. The summed E-state index contributed by atoms with van der Waals surface area (Å²) in [4.78, 5) is 4.33. The van der Waals surface area contributed by atoms with Gasteiger partial charge >= 0.3 is 0 Å². The van der Waals surface area contributed by atoms with Crippen molar-refractivity contribution in [2.45, 2.75) is 6.10 Å². The maximum Gasteiger partial charge on any atom is 0.174 e. The SMILES string of the molecule is OC(c1ccc2ncccc2c1)c1ccc2noc(-c3cccc(Cl)c3)c2c1. The molecular formula is C23H15ClN2O2. The lowest BCUT2D eigenvalue weighted by Gasteiger charge is -2.12. The lowest BCUT2D eigenvalue weighted by atomic mass is 9.98. The van der Waals surface area contributed by atoms with Crippen LogP contribution in [0.5, 0.6) is 0 Å². The van der Waals surface area contributed by atoms with E-state index in [0.29, 0.717) is 10.8 Å². The molecule has 0 radical (unpaired) electrons. The van der Waals surface area contributed by atoms with Crippen molar-refractivity contribution < 1.29 is 9.63 Å². The molecule has 5 heteroatoms. The van der Waals surface area contributed by atoms with Crippen molar-refractivity contribution in [1.82, 2.24) is 10.1 Å². The van der Waals surface area contributed by atoms with Crippen molar-refractivity contribution in [3.63, 3.8) is 0 Å². The van der Waals surface area contributed by atoms with Crippen LogP contribution in [0.15, 0.2) is 83.5 Å². The lowest BCUT2D eigenvalue weighted by Crippen LogP contribution is -1.99. The molecule has 1 atom stereocenters. The van der Waals surface area contributed by atoms with Crippen LogP contribution in [-0.4, -0.2) is 15.2 Å². The highest BCUT2D eigenvalue weighted by atomic mass is 35.5. The topological polar surface area (TPSA) is 59.2 Å². The molecule has 2 aromatic heterocycles. The average molecular weight is 387 g/mol. The summed E-state index contributed by atoms with van der Waals surface area (Å²) in [6.07, 6.45) is 0.992. The second kappa shape index (κ2) is 6.75. The van der Waals surface area contributed by atoms with Crippen LogP contribution in [0.1, 0.15) is 17.2 Å². The minimum atomic E-state index is -0.767. The fourth-order valence-corrected chi connectivity index (χ4v) is 3.61. The van der Waals surface area contributed by atoms with Gasteiger partial charge in [-0.25, -0.2) is 0 Å². The monoisotopic (exact) mass is 386 g/mol. The second-order valence-electron chi connectivity index (χ2n) is 6.66. The Morgan fingerprint density at radius 1 is 0.857 bits per heavy atom. The van der Waals surface area contributed by atoms with Crippen LogP contribution >= 0.6 is 11.6 Å². The summed E-state index contributed by atoms with van der Waals surface area (Å²) < 4.78 is 5.56. The van der Waals surface area contributed by atoms with Gasteiger partial charge in [-0.05, 0) is 53.6 Å². The highest BCUT2D eigenvalue weighted by Crippen LogP contribution is 2.33. The fraction of sp³-hybridized carbons (Fsp3) is 0.0435. The number of fused-ring (bicyclic) bond motifs is 2. The van der Waals surface area contributed by atoms with Crippen molar-refractivity contribution >= 4 is 33.4 Å². The Morgan fingerprint density at radius 3 is 2.54 bits per heavy atom. The number of pyridine rings is 1. The Kier molecular flexibility index (Phi) is 4.08. The van der Waals surface area contributed by atoms with E-state index in [9.17, 15) is 5.11 Å². The average Bonchev–Trinajstić information content (AvgIpc) is 3.16. The fourth-order valence-electron chi connectivity index (χ4n) is 3.42. The molecule has 0 spiro atoms. The molecule has 0 saturated heterocycles. The van der Waals surface area contributed by atoms with E-state index in [1.807, 2.05) is 72.8 Å². The number of aromatic nitrogens is 2.